The third-order valence-electron chi connectivity index (χ3n) is 2.56. The van der Waals surface area contributed by atoms with Crippen molar-refractivity contribution < 1.29 is 13.2 Å². The molecule has 0 atom stereocenters. The molecule has 0 saturated carbocycles. The SMILES string of the molecule is CCOc1ccccc1NS(=O)(=O)c1cc(CN)cs1. The highest BCUT2D eigenvalue weighted by molar-refractivity contribution is 7.94. The van der Waals surface area contributed by atoms with Crippen molar-refractivity contribution in [1.29, 1.82) is 0 Å². The molecule has 3 N–H and O–H groups in total. The lowest BCUT2D eigenvalue weighted by atomic mass is 10.3. The molecule has 1 aromatic heterocycles. The molecule has 1 aromatic carbocycles. The molecule has 5 nitrogen and oxygen atoms in total. The first-order valence-electron chi connectivity index (χ1n) is 6.09. The molecule has 1 heterocycles. The van der Waals surface area contributed by atoms with Crippen LogP contribution in [0.4, 0.5) is 5.69 Å². The predicted molar refractivity (Wildman–Crippen MR) is 80.6 cm³/mol. The molecular formula is C13H16N2O3S2. The molecule has 0 aliphatic heterocycles. The van der Waals surface area contributed by atoms with Gasteiger partial charge in [0.2, 0.25) is 0 Å². The van der Waals surface area contributed by atoms with Crippen LogP contribution in [-0.2, 0) is 16.6 Å². The summed E-state index contributed by atoms with van der Waals surface area (Å²) in [5, 5.41) is 1.74. The van der Waals surface area contributed by atoms with E-state index in [1.165, 1.54) is 0 Å². The molecule has 7 heteroatoms. The van der Waals surface area contributed by atoms with Crippen molar-refractivity contribution in [2.45, 2.75) is 17.7 Å². The Hall–Kier alpha value is -1.57. The van der Waals surface area contributed by atoms with Gasteiger partial charge in [-0.05, 0) is 36.1 Å². The molecule has 0 bridgehead atoms. The molecule has 2 aromatic rings. The van der Waals surface area contributed by atoms with E-state index >= 15 is 0 Å². The van der Waals surface area contributed by atoms with E-state index in [-0.39, 0.29) is 4.21 Å². The number of ether oxygens (including phenoxy) is 1. The van der Waals surface area contributed by atoms with Crippen LogP contribution in [0.25, 0.3) is 0 Å². The van der Waals surface area contributed by atoms with Gasteiger partial charge in [-0.25, -0.2) is 8.42 Å². The van der Waals surface area contributed by atoms with Gasteiger partial charge in [0.1, 0.15) is 9.96 Å². The third kappa shape index (κ3) is 3.30. The van der Waals surface area contributed by atoms with Crippen molar-refractivity contribution in [1.82, 2.24) is 0 Å². The molecule has 2 rings (SSSR count). The first-order chi connectivity index (χ1) is 9.56. The Morgan fingerprint density at radius 3 is 2.75 bits per heavy atom. The zero-order valence-corrected chi connectivity index (χ0v) is 12.6. The fraction of sp³-hybridized carbons (Fsp3) is 0.231. The summed E-state index contributed by atoms with van der Waals surface area (Å²) < 4.78 is 32.8. The molecule has 0 radical (unpaired) electrons. The summed E-state index contributed by atoms with van der Waals surface area (Å²) in [6, 6.07) is 8.51. The summed E-state index contributed by atoms with van der Waals surface area (Å²) >= 11 is 1.15. The van der Waals surface area contributed by atoms with Gasteiger partial charge in [-0.2, -0.15) is 0 Å². The number of hydrogen-bond acceptors (Lipinski definition) is 5. The van der Waals surface area contributed by atoms with Crippen LogP contribution in [0.5, 0.6) is 5.75 Å². The smallest absolute Gasteiger partial charge is 0.271 e. The quantitative estimate of drug-likeness (QED) is 0.858. The number of nitrogens with two attached hydrogens (primary N) is 1. The first-order valence-corrected chi connectivity index (χ1v) is 8.45. The zero-order chi connectivity index (χ0) is 14.6. The maximum Gasteiger partial charge on any atom is 0.271 e. The Morgan fingerprint density at radius 2 is 2.10 bits per heavy atom. The lowest BCUT2D eigenvalue weighted by Gasteiger charge is -2.11. The molecule has 20 heavy (non-hydrogen) atoms. The number of benzene rings is 1. The van der Waals surface area contributed by atoms with Crippen LogP contribution in [0.1, 0.15) is 12.5 Å². The summed E-state index contributed by atoms with van der Waals surface area (Å²) in [4.78, 5) is 0. The zero-order valence-electron chi connectivity index (χ0n) is 11.0. The summed E-state index contributed by atoms with van der Waals surface area (Å²) in [6.07, 6.45) is 0. The van der Waals surface area contributed by atoms with Crippen LogP contribution < -0.4 is 15.2 Å². The maximum absolute atomic E-state index is 12.3. The Bertz CT molecular complexity index is 680. The lowest BCUT2D eigenvalue weighted by Crippen LogP contribution is -2.12. The van der Waals surface area contributed by atoms with Crippen molar-refractivity contribution in [2.75, 3.05) is 11.3 Å². The van der Waals surface area contributed by atoms with Crippen LogP contribution in [0.3, 0.4) is 0 Å². The Kier molecular flexibility index (Phi) is 4.64. The molecule has 0 aliphatic rings. The number of sulfonamides is 1. The Morgan fingerprint density at radius 1 is 1.35 bits per heavy atom. The van der Waals surface area contributed by atoms with Gasteiger partial charge in [0, 0.05) is 6.54 Å². The second kappa shape index (κ2) is 6.25. The van der Waals surface area contributed by atoms with Gasteiger partial charge < -0.3 is 10.5 Å². The van der Waals surface area contributed by atoms with Crippen LogP contribution in [0.2, 0.25) is 0 Å². The summed E-state index contributed by atoms with van der Waals surface area (Å²) in [6.45, 7) is 2.63. The topological polar surface area (TPSA) is 81.4 Å². The fourth-order valence-corrected chi connectivity index (χ4v) is 3.92. The van der Waals surface area contributed by atoms with Crippen LogP contribution >= 0.6 is 11.3 Å². The van der Waals surface area contributed by atoms with E-state index in [0.717, 1.165) is 16.9 Å². The second-order valence-electron chi connectivity index (χ2n) is 4.01. The van der Waals surface area contributed by atoms with Gasteiger partial charge in [0.05, 0.1) is 12.3 Å². The van der Waals surface area contributed by atoms with Gasteiger partial charge in [-0.1, -0.05) is 12.1 Å². The van der Waals surface area contributed by atoms with E-state index < -0.39 is 10.0 Å². The third-order valence-corrected chi connectivity index (χ3v) is 5.42. The molecule has 0 unspecified atom stereocenters. The monoisotopic (exact) mass is 312 g/mol. The second-order valence-corrected chi connectivity index (χ2v) is 6.83. The Balaban J connectivity index is 2.28. The van der Waals surface area contributed by atoms with E-state index in [9.17, 15) is 8.42 Å². The minimum absolute atomic E-state index is 0.240. The molecule has 0 saturated heterocycles. The first kappa shape index (κ1) is 14.8. The normalized spacial score (nSPS) is 11.3. The summed E-state index contributed by atoms with van der Waals surface area (Å²) in [7, 11) is -3.61. The molecule has 0 spiro atoms. The van der Waals surface area contributed by atoms with Crippen molar-refractivity contribution in [3.05, 3.63) is 41.3 Å². The lowest BCUT2D eigenvalue weighted by molar-refractivity contribution is 0.342. The molecule has 0 aliphatic carbocycles. The standard InChI is InChI=1S/C13H16N2O3S2/c1-2-18-12-6-4-3-5-11(12)15-20(16,17)13-7-10(8-14)9-19-13/h3-7,9,15H,2,8,14H2,1H3. The van der Waals surface area contributed by atoms with Crippen LogP contribution in [0, 0.1) is 0 Å². The van der Waals surface area contributed by atoms with Crippen molar-refractivity contribution in [2.24, 2.45) is 5.73 Å². The summed E-state index contributed by atoms with van der Waals surface area (Å²) in [5.41, 5.74) is 6.72. The number of thiophene rings is 1. The van der Waals surface area contributed by atoms with Gasteiger partial charge >= 0.3 is 0 Å². The molecule has 0 amide bonds. The van der Waals surface area contributed by atoms with E-state index in [1.54, 1.807) is 35.7 Å². The fourth-order valence-electron chi connectivity index (χ4n) is 1.63. The van der Waals surface area contributed by atoms with Crippen LogP contribution in [0.15, 0.2) is 39.9 Å². The molecular weight excluding hydrogens is 296 g/mol. The summed E-state index contributed by atoms with van der Waals surface area (Å²) in [5.74, 6) is 0.508. The Labute approximate surface area is 122 Å². The minimum atomic E-state index is -3.61. The minimum Gasteiger partial charge on any atom is -0.492 e. The number of anilines is 1. The van der Waals surface area contributed by atoms with Gasteiger partial charge in [-0.3, -0.25) is 4.72 Å². The number of nitrogens with one attached hydrogen (secondary N) is 1. The van der Waals surface area contributed by atoms with E-state index in [1.807, 2.05) is 6.92 Å². The van der Waals surface area contributed by atoms with Gasteiger partial charge in [0.25, 0.3) is 10.0 Å². The maximum atomic E-state index is 12.3. The van der Waals surface area contributed by atoms with E-state index in [0.29, 0.717) is 24.6 Å². The average Bonchev–Trinajstić information content (AvgIpc) is 2.91. The van der Waals surface area contributed by atoms with Gasteiger partial charge in [0.15, 0.2) is 0 Å². The van der Waals surface area contributed by atoms with E-state index in [2.05, 4.69) is 4.72 Å². The van der Waals surface area contributed by atoms with Crippen molar-refractivity contribution in [3.63, 3.8) is 0 Å². The largest absolute Gasteiger partial charge is 0.492 e. The van der Waals surface area contributed by atoms with Crippen molar-refractivity contribution >= 4 is 27.0 Å². The molecule has 108 valence electrons. The van der Waals surface area contributed by atoms with E-state index in [4.69, 9.17) is 10.5 Å². The van der Waals surface area contributed by atoms with Crippen LogP contribution in [-0.4, -0.2) is 15.0 Å². The highest BCUT2D eigenvalue weighted by atomic mass is 32.2. The number of para-hydroxylation sites is 2. The highest BCUT2D eigenvalue weighted by Crippen LogP contribution is 2.28. The van der Waals surface area contributed by atoms with Gasteiger partial charge in [-0.15, -0.1) is 11.3 Å². The number of rotatable bonds is 6. The average molecular weight is 312 g/mol. The van der Waals surface area contributed by atoms with Crippen molar-refractivity contribution in [3.8, 4) is 5.75 Å². The highest BCUT2D eigenvalue weighted by Gasteiger charge is 2.18. The predicted octanol–water partition coefficient (Wildman–Crippen LogP) is 2.41. The molecule has 0 fully saturated rings. The number of hydrogen-bond donors (Lipinski definition) is 2.